The van der Waals surface area contributed by atoms with E-state index in [1.165, 1.54) is 38.5 Å². The van der Waals surface area contributed by atoms with Crippen LogP contribution in [-0.4, -0.2) is 75.3 Å². The highest BCUT2D eigenvalue weighted by Gasteiger charge is 2.21. The average molecular weight is 426 g/mol. The molecule has 3 rings (SSSR count). The minimum atomic E-state index is -1.82. The Balaban J connectivity index is 0.000000469. The smallest absolute Gasteiger partial charge is 0.414 e. The molecule has 170 valence electrons. The Bertz CT molecular complexity index is 637. The van der Waals surface area contributed by atoms with E-state index < -0.39 is 11.9 Å². The summed E-state index contributed by atoms with van der Waals surface area (Å²) in [7, 11) is 0. The normalized spacial score (nSPS) is 22.7. The summed E-state index contributed by atoms with van der Waals surface area (Å²) in [5, 5.41) is 19.4. The fraction of sp³-hybridized carbons (Fsp3) is 0.762. The lowest BCUT2D eigenvalue weighted by molar-refractivity contribution is -0.159. The van der Waals surface area contributed by atoms with Crippen LogP contribution in [0.5, 0.6) is 5.88 Å². The first-order chi connectivity index (χ1) is 14.3. The molecule has 1 saturated carbocycles. The van der Waals surface area contributed by atoms with Gasteiger partial charge in [0, 0.05) is 25.4 Å². The number of nitrogens with zero attached hydrogens (tertiary/aromatic N) is 3. The Labute approximate surface area is 178 Å². The summed E-state index contributed by atoms with van der Waals surface area (Å²) < 4.78 is 13.7. The quantitative estimate of drug-likeness (QED) is 0.506. The van der Waals surface area contributed by atoms with Gasteiger partial charge < -0.3 is 19.7 Å². The van der Waals surface area contributed by atoms with Gasteiger partial charge in [-0.2, -0.15) is 0 Å². The van der Waals surface area contributed by atoms with E-state index in [1.54, 1.807) is 0 Å². The standard InChI is InChI=1S/C19H33N3O2.C2H2O4/c1-16-14-21(15-17(2)24-16)11-6-7-13-23-19-10-12-22(20-19)18-8-4-3-5-9-18;3-1(4)2(5)6/h10,12,16-18H,3-9,11,13-15H2,1-2H3;(H,3,4)(H,5,6). The van der Waals surface area contributed by atoms with Crippen LogP contribution >= 0.6 is 0 Å². The Morgan fingerprint density at radius 3 is 2.33 bits per heavy atom. The van der Waals surface area contributed by atoms with Gasteiger partial charge >= 0.3 is 11.9 Å². The van der Waals surface area contributed by atoms with Crippen molar-refractivity contribution in [3.8, 4) is 5.88 Å². The van der Waals surface area contributed by atoms with Gasteiger partial charge in [0.15, 0.2) is 0 Å². The van der Waals surface area contributed by atoms with E-state index in [0.717, 1.165) is 38.5 Å². The summed E-state index contributed by atoms with van der Waals surface area (Å²) in [6, 6.07) is 2.60. The summed E-state index contributed by atoms with van der Waals surface area (Å²) in [5.41, 5.74) is 0. The van der Waals surface area contributed by atoms with Crippen LogP contribution < -0.4 is 4.74 Å². The maximum absolute atomic E-state index is 9.10. The van der Waals surface area contributed by atoms with Gasteiger partial charge in [-0.1, -0.05) is 19.3 Å². The molecule has 2 heterocycles. The molecule has 30 heavy (non-hydrogen) atoms. The molecular formula is C21H35N3O6. The first-order valence-electron chi connectivity index (χ1n) is 10.9. The van der Waals surface area contributed by atoms with Gasteiger partial charge in [-0.15, -0.1) is 5.10 Å². The van der Waals surface area contributed by atoms with Gasteiger partial charge in [-0.25, -0.2) is 9.59 Å². The van der Waals surface area contributed by atoms with Crippen LogP contribution in [0.15, 0.2) is 12.3 Å². The van der Waals surface area contributed by atoms with Gasteiger partial charge in [0.1, 0.15) is 0 Å². The third-order valence-corrected chi connectivity index (χ3v) is 5.33. The molecule has 2 fully saturated rings. The number of hydrogen-bond donors (Lipinski definition) is 2. The molecule has 2 atom stereocenters. The molecule has 1 aromatic heterocycles. The van der Waals surface area contributed by atoms with Crippen molar-refractivity contribution in [2.45, 2.75) is 77.0 Å². The third-order valence-electron chi connectivity index (χ3n) is 5.33. The molecule has 9 nitrogen and oxygen atoms in total. The van der Waals surface area contributed by atoms with E-state index in [-0.39, 0.29) is 0 Å². The van der Waals surface area contributed by atoms with E-state index in [1.807, 2.05) is 6.07 Å². The average Bonchev–Trinajstić information content (AvgIpc) is 3.17. The zero-order valence-electron chi connectivity index (χ0n) is 18.0. The number of carbonyl (C=O) groups is 2. The predicted molar refractivity (Wildman–Crippen MR) is 111 cm³/mol. The monoisotopic (exact) mass is 425 g/mol. The van der Waals surface area contributed by atoms with Crippen molar-refractivity contribution in [1.29, 1.82) is 0 Å². The van der Waals surface area contributed by atoms with Crippen molar-refractivity contribution in [3.63, 3.8) is 0 Å². The molecule has 2 aliphatic rings. The van der Waals surface area contributed by atoms with Crippen molar-refractivity contribution >= 4 is 11.9 Å². The molecule has 0 bridgehead atoms. The number of rotatable bonds is 7. The molecule has 0 radical (unpaired) electrons. The van der Waals surface area contributed by atoms with E-state index in [0.29, 0.717) is 18.2 Å². The lowest BCUT2D eigenvalue weighted by Gasteiger charge is -2.35. The van der Waals surface area contributed by atoms with E-state index in [9.17, 15) is 0 Å². The second-order valence-electron chi connectivity index (χ2n) is 8.11. The number of carboxylic acids is 2. The molecule has 9 heteroatoms. The summed E-state index contributed by atoms with van der Waals surface area (Å²) >= 11 is 0. The Kier molecular flexibility index (Phi) is 10.1. The van der Waals surface area contributed by atoms with Crippen LogP contribution in [0.25, 0.3) is 0 Å². The SMILES string of the molecule is CC1CN(CCCCOc2ccn(C3CCCCC3)n2)CC(C)O1.O=C(O)C(=O)O. The lowest BCUT2D eigenvalue weighted by atomic mass is 9.96. The Hall–Kier alpha value is -2.13. The van der Waals surface area contributed by atoms with E-state index in [4.69, 9.17) is 29.3 Å². The highest BCUT2D eigenvalue weighted by Crippen LogP contribution is 2.28. The minimum Gasteiger partial charge on any atom is -0.477 e. The molecule has 2 N–H and O–H groups in total. The van der Waals surface area contributed by atoms with Crippen molar-refractivity contribution < 1.29 is 29.3 Å². The number of aromatic nitrogens is 2. The zero-order chi connectivity index (χ0) is 21.9. The number of hydrogen-bond acceptors (Lipinski definition) is 6. The van der Waals surface area contributed by atoms with Crippen LogP contribution in [0.3, 0.4) is 0 Å². The maximum atomic E-state index is 9.10. The topological polar surface area (TPSA) is 114 Å². The van der Waals surface area contributed by atoms with Crippen LogP contribution in [-0.2, 0) is 14.3 Å². The maximum Gasteiger partial charge on any atom is 0.414 e. The van der Waals surface area contributed by atoms with Gasteiger partial charge in [0.2, 0.25) is 5.88 Å². The Morgan fingerprint density at radius 1 is 1.10 bits per heavy atom. The first kappa shape index (κ1) is 24.1. The number of ether oxygens (including phenoxy) is 2. The van der Waals surface area contributed by atoms with Crippen molar-refractivity contribution in [3.05, 3.63) is 12.3 Å². The van der Waals surface area contributed by atoms with Gasteiger partial charge in [-0.3, -0.25) is 9.58 Å². The van der Waals surface area contributed by atoms with Crippen LogP contribution in [0.2, 0.25) is 0 Å². The van der Waals surface area contributed by atoms with Gasteiger partial charge in [0.05, 0.1) is 24.9 Å². The number of carboxylic acid groups (broad SMARTS) is 2. The highest BCUT2D eigenvalue weighted by molar-refractivity contribution is 6.27. The minimum absolute atomic E-state index is 0.355. The van der Waals surface area contributed by atoms with Crippen molar-refractivity contribution in [2.75, 3.05) is 26.2 Å². The zero-order valence-corrected chi connectivity index (χ0v) is 18.0. The van der Waals surface area contributed by atoms with Crippen LogP contribution in [0.1, 0.15) is 64.8 Å². The fourth-order valence-corrected chi connectivity index (χ4v) is 4.03. The second-order valence-corrected chi connectivity index (χ2v) is 8.11. The molecule has 0 aromatic carbocycles. The van der Waals surface area contributed by atoms with Gasteiger partial charge in [-0.05, 0) is 46.1 Å². The molecule has 1 aliphatic carbocycles. The molecule has 1 aliphatic heterocycles. The first-order valence-corrected chi connectivity index (χ1v) is 10.9. The number of aliphatic carboxylic acids is 2. The van der Waals surface area contributed by atoms with Crippen molar-refractivity contribution in [1.82, 2.24) is 14.7 Å². The molecule has 1 saturated heterocycles. The molecule has 0 amide bonds. The molecule has 0 spiro atoms. The summed E-state index contributed by atoms with van der Waals surface area (Å²) in [6.07, 6.45) is 11.6. The Morgan fingerprint density at radius 2 is 1.73 bits per heavy atom. The van der Waals surface area contributed by atoms with Crippen LogP contribution in [0.4, 0.5) is 0 Å². The van der Waals surface area contributed by atoms with Crippen molar-refractivity contribution in [2.24, 2.45) is 0 Å². The third kappa shape index (κ3) is 8.71. The summed E-state index contributed by atoms with van der Waals surface area (Å²) in [5.74, 6) is -2.86. The highest BCUT2D eigenvalue weighted by atomic mass is 16.5. The number of unbranched alkanes of at least 4 members (excludes halogenated alkanes) is 1. The second kappa shape index (κ2) is 12.5. The molecule has 1 aromatic rings. The van der Waals surface area contributed by atoms with Crippen LogP contribution in [0, 0.1) is 0 Å². The van der Waals surface area contributed by atoms with E-state index in [2.05, 4.69) is 34.7 Å². The molecular weight excluding hydrogens is 390 g/mol. The summed E-state index contributed by atoms with van der Waals surface area (Å²) in [6.45, 7) is 8.33. The van der Waals surface area contributed by atoms with Gasteiger partial charge in [0.25, 0.3) is 0 Å². The molecule has 2 unspecified atom stereocenters. The largest absolute Gasteiger partial charge is 0.477 e. The summed E-state index contributed by atoms with van der Waals surface area (Å²) in [4.78, 5) is 20.7. The van der Waals surface area contributed by atoms with E-state index >= 15 is 0 Å². The lowest BCUT2D eigenvalue weighted by Crippen LogP contribution is -2.45. The fourth-order valence-electron chi connectivity index (χ4n) is 4.03. The number of morpholine rings is 1. The predicted octanol–water partition coefficient (Wildman–Crippen LogP) is 2.81.